The number of amides is 3. The standard InChI is InChI=1S/C39H46N4O8/c1-38(2,3)51-37(48)41-29-16-12-7-5-6-11-15-25-22-39(25,36(46)47)42-34(44)32-20-27(23-43(32)35(29)45)50-33-21-30(24-13-9-8-10-14-24)40-31-19-26(49-4)17-18-28(31)33/h8-11,13-15,17-19,21,25,27,29,32H,5-7,12,16,20,22-23H2,1-4H3,(H,41,48)(H,42,44)(H,46,47)/b15-11-/t25-,27-,29-,32+,39-/m1/s1. The molecule has 1 saturated heterocycles. The molecule has 3 heterocycles. The average molecular weight is 699 g/mol. The van der Waals surface area contributed by atoms with Gasteiger partial charge in [0.15, 0.2) is 0 Å². The number of carboxylic acids is 1. The summed E-state index contributed by atoms with van der Waals surface area (Å²) >= 11 is 0. The summed E-state index contributed by atoms with van der Waals surface area (Å²) in [5.41, 5.74) is -0.0312. The lowest BCUT2D eigenvalue weighted by molar-refractivity contribution is -0.145. The number of carbonyl (C=O) groups is 4. The van der Waals surface area contributed by atoms with Crippen molar-refractivity contribution in [2.45, 2.75) is 95.0 Å². The lowest BCUT2D eigenvalue weighted by Crippen LogP contribution is -2.56. The number of benzene rings is 2. The highest BCUT2D eigenvalue weighted by Crippen LogP contribution is 2.45. The van der Waals surface area contributed by atoms with Crippen LogP contribution in [0.5, 0.6) is 11.5 Å². The first-order valence-corrected chi connectivity index (χ1v) is 17.6. The zero-order chi connectivity index (χ0) is 36.3. The van der Waals surface area contributed by atoms with Crippen molar-refractivity contribution in [1.29, 1.82) is 0 Å². The SMILES string of the molecule is COc1ccc2c(O[C@@H]3C[C@H]4C(=O)N[C@]5(C(=O)O)C[C@H]5/C=C\CCCCC[C@@H](NC(=O)OC(C)(C)C)C(=O)N4C3)cc(-c3ccccc3)nc2c1. The molecule has 2 aliphatic heterocycles. The van der Waals surface area contributed by atoms with Gasteiger partial charge >= 0.3 is 12.1 Å². The van der Waals surface area contributed by atoms with Crippen LogP contribution in [-0.2, 0) is 19.1 Å². The number of hydrogen-bond donors (Lipinski definition) is 3. The van der Waals surface area contributed by atoms with E-state index in [-0.39, 0.29) is 25.3 Å². The quantitative estimate of drug-likeness (QED) is 0.278. The third-order valence-electron chi connectivity index (χ3n) is 9.65. The fourth-order valence-electron chi connectivity index (χ4n) is 6.93. The molecule has 2 aromatic carbocycles. The van der Waals surface area contributed by atoms with Crippen molar-refractivity contribution in [2.75, 3.05) is 13.7 Å². The van der Waals surface area contributed by atoms with E-state index in [1.807, 2.05) is 66.7 Å². The number of rotatable bonds is 6. The predicted molar refractivity (Wildman–Crippen MR) is 190 cm³/mol. The molecule has 1 saturated carbocycles. The molecule has 3 aliphatic rings. The molecule has 12 heteroatoms. The van der Waals surface area contributed by atoms with Crippen LogP contribution in [-0.4, -0.2) is 81.8 Å². The Kier molecular flexibility index (Phi) is 10.2. The molecule has 1 aliphatic carbocycles. The summed E-state index contributed by atoms with van der Waals surface area (Å²) in [6.45, 7) is 5.26. The van der Waals surface area contributed by atoms with Crippen LogP contribution in [0.2, 0.25) is 0 Å². The maximum atomic E-state index is 14.4. The summed E-state index contributed by atoms with van der Waals surface area (Å²) in [5, 5.41) is 16.5. The molecule has 270 valence electrons. The number of methoxy groups -OCH3 is 1. The summed E-state index contributed by atoms with van der Waals surface area (Å²) < 4.78 is 17.6. The number of ether oxygens (including phenoxy) is 3. The molecule has 0 bridgehead atoms. The molecule has 3 amide bonds. The average Bonchev–Trinajstić information content (AvgIpc) is 3.63. The molecule has 1 aromatic heterocycles. The van der Waals surface area contributed by atoms with E-state index in [9.17, 15) is 24.3 Å². The molecule has 0 unspecified atom stereocenters. The van der Waals surface area contributed by atoms with Gasteiger partial charge in [-0.1, -0.05) is 55.3 Å². The first-order chi connectivity index (χ1) is 24.4. The fourth-order valence-corrected chi connectivity index (χ4v) is 6.93. The zero-order valence-corrected chi connectivity index (χ0v) is 29.5. The van der Waals surface area contributed by atoms with E-state index in [1.54, 1.807) is 27.9 Å². The number of aliphatic carboxylic acids is 1. The molecule has 0 spiro atoms. The van der Waals surface area contributed by atoms with Crippen LogP contribution < -0.4 is 20.1 Å². The molecule has 51 heavy (non-hydrogen) atoms. The Morgan fingerprint density at radius 3 is 2.57 bits per heavy atom. The summed E-state index contributed by atoms with van der Waals surface area (Å²) in [6.07, 6.45) is 6.22. The van der Waals surface area contributed by atoms with Gasteiger partial charge < -0.3 is 34.9 Å². The van der Waals surface area contributed by atoms with Crippen molar-refractivity contribution in [1.82, 2.24) is 20.5 Å². The molecule has 3 aromatic rings. The lowest BCUT2D eigenvalue weighted by Gasteiger charge is -2.30. The molecular weight excluding hydrogens is 652 g/mol. The number of allylic oxidation sites excluding steroid dienone is 1. The topological polar surface area (TPSA) is 156 Å². The molecule has 6 rings (SSSR count). The number of carboxylic acid groups (broad SMARTS) is 1. The largest absolute Gasteiger partial charge is 0.497 e. The van der Waals surface area contributed by atoms with Crippen LogP contribution in [0.15, 0.2) is 66.7 Å². The summed E-state index contributed by atoms with van der Waals surface area (Å²) in [4.78, 5) is 60.2. The van der Waals surface area contributed by atoms with Gasteiger partial charge in [-0.2, -0.15) is 0 Å². The van der Waals surface area contributed by atoms with Gasteiger partial charge in [-0.25, -0.2) is 14.6 Å². The van der Waals surface area contributed by atoms with Crippen LogP contribution >= 0.6 is 0 Å². The molecule has 5 atom stereocenters. The van der Waals surface area contributed by atoms with Crippen molar-refractivity contribution in [3.8, 4) is 22.8 Å². The Bertz CT molecular complexity index is 1820. The highest BCUT2D eigenvalue weighted by atomic mass is 16.6. The van der Waals surface area contributed by atoms with Gasteiger partial charge in [-0.05, 0) is 58.6 Å². The number of alkyl carbamates (subject to hydrolysis) is 1. The molecule has 0 radical (unpaired) electrons. The third-order valence-corrected chi connectivity index (χ3v) is 9.65. The van der Waals surface area contributed by atoms with Gasteiger partial charge in [0.25, 0.3) is 0 Å². The Morgan fingerprint density at radius 2 is 1.84 bits per heavy atom. The number of aromatic nitrogens is 1. The van der Waals surface area contributed by atoms with E-state index in [4.69, 9.17) is 19.2 Å². The normalized spacial score (nSPS) is 26.1. The number of nitrogens with one attached hydrogen (secondary N) is 2. The monoisotopic (exact) mass is 698 g/mol. The zero-order valence-electron chi connectivity index (χ0n) is 29.5. The van der Waals surface area contributed by atoms with Gasteiger partial charge in [-0.15, -0.1) is 0 Å². The van der Waals surface area contributed by atoms with Crippen LogP contribution in [0.25, 0.3) is 22.2 Å². The maximum Gasteiger partial charge on any atom is 0.408 e. The highest BCUT2D eigenvalue weighted by molar-refractivity contribution is 5.96. The Labute approximate surface area is 297 Å². The van der Waals surface area contributed by atoms with E-state index < -0.39 is 53.2 Å². The number of carbonyl (C=O) groups excluding carboxylic acids is 3. The van der Waals surface area contributed by atoms with Gasteiger partial charge in [-0.3, -0.25) is 9.59 Å². The molecular formula is C39H46N4O8. The van der Waals surface area contributed by atoms with Gasteiger partial charge in [0.2, 0.25) is 11.8 Å². The summed E-state index contributed by atoms with van der Waals surface area (Å²) in [7, 11) is 1.58. The van der Waals surface area contributed by atoms with E-state index in [0.717, 1.165) is 30.2 Å². The minimum Gasteiger partial charge on any atom is -0.497 e. The van der Waals surface area contributed by atoms with Gasteiger partial charge in [0.05, 0.1) is 24.9 Å². The fraction of sp³-hybridized carbons (Fsp3) is 0.462. The summed E-state index contributed by atoms with van der Waals surface area (Å²) in [6, 6.07) is 15.0. The van der Waals surface area contributed by atoms with Crippen LogP contribution in [0.4, 0.5) is 4.79 Å². The van der Waals surface area contributed by atoms with Crippen molar-refractivity contribution in [3.05, 3.63) is 66.7 Å². The Morgan fingerprint density at radius 1 is 1.06 bits per heavy atom. The van der Waals surface area contributed by atoms with E-state index in [2.05, 4.69) is 10.6 Å². The van der Waals surface area contributed by atoms with E-state index in [1.165, 1.54) is 4.90 Å². The Balaban J connectivity index is 1.34. The van der Waals surface area contributed by atoms with Crippen LogP contribution in [0, 0.1) is 5.92 Å². The van der Waals surface area contributed by atoms with Gasteiger partial charge in [0, 0.05) is 35.4 Å². The number of hydrogen-bond acceptors (Lipinski definition) is 8. The maximum absolute atomic E-state index is 14.4. The van der Waals surface area contributed by atoms with Gasteiger partial charge in [0.1, 0.15) is 40.8 Å². The molecule has 3 N–H and O–H groups in total. The van der Waals surface area contributed by atoms with Crippen LogP contribution in [0.3, 0.4) is 0 Å². The van der Waals surface area contributed by atoms with E-state index in [0.29, 0.717) is 35.6 Å². The molecule has 12 nitrogen and oxygen atoms in total. The van der Waals surface area contributed by atoms with Crippen molar-refractivity contribution in [3.63, 3.8) is 0 Å². The highest BCUT2D eigenvalue weighted by Gasteiger charge is 2.61. The van der Waals surface area contributed by atoms with E-state index >= 15 is 0 Å². The number of fused-ring (bicyclic) bond motifs is 3. The van der Waals surface area contributed by atoms with Crippen molar-refractivity contribution >= 4 is 34.8 Å². The number of pyridine rings is 1. The lowest BCUT2D eigenvalue weighted by atomic mass is 10.0. The second kappa shape index (κ2) is 14.6. The predicted octanol–water partition coefficient (Wildman–Crippen LogP) is 5.63. The third kappa shape index (κ3) is 8.10. The first kappa shape index (κ1) is 35.7. The van der Waals surface area contributed by atoms with Crippen molar-refractivity contribution < 1.29 is 38.5 Å². The Hall–Kier alpha value is -5.13. The molecule has 2 fully saturated rings. The first-order valence-electron chi connectivity index (χ1n) is 17.6. The second-order valence-corrected chi connectivity index (χ2v) is 14.6. The minimum absolute atomic E-state index is 0.0352. The second-order valence-electron chi connectivity index (χ2n) is 14.6. The number of nitrogens with zero attached hydrogens (tertiary/aromatic N) is 2. The smallest absolute Gasteiger partial charge is 0.408 e. The minimum atomic E-state index is -1.44. The summed E-state index contributed by atoms with van der Waals surface area (Å²) in [5.74, 6) is -1.35. The van der Waals surface area contributed by atoms with Crippen molar-refractivity contribution in [2.24, 2.45) is 5.92 Å². The van der Waals surface area contributed by atoms with Crippen LogP contribution in [0.1, 0.15) is 65.7 Å².